The normalized spacial score (nSPS) is 11.9. The number of rotatable bonds is 7. The monoisotopic (exact) mass is 377 g/mol. The van der Waals surface area contributed by atoms with Gasteiger partial charge in [0.15, 0.2) is 0 Å². The van der Waals surface area contributed by atoms with Crippen LogP contribution in [0.4, 0.5) is 5.69 Å². The van der Waals surface area contributed by atoms with E-state index in [1.54, 1.807) is 56.5 Å². The van der Waals surface area contributed by atoms with E-state index in [0.717, 1.165) is 0 Å². The maximum Gasteiger partial charge on any atom is 0.338 e. The van der Waals surface area contributed by atoms with Gasteiger partial charge in [-0.1, -0.05) is 0 Å². The van der Waals surface area contributed by atoms with Crippen molar-refractivity contribution in [2.24, 2.45) is 9.98 Å². The molecule has 0 spiro atoms. The molecule has 2 heterocycles. The van der Waals surface area contributed by atoms with Crippen LogP contribution in [0.3, 0.4) is 0 Å². The van der Waals surface area contributed by atoms with Gasteiger partial charge in [0, 0.05) is 11.9 Å². The number of furan rings is 2. The zero-order valence-electron chi connectivity index (χ0n) is 15.6. The molecule has 1 amide bonds. The lowest BCUT2D eigenvalue weighted by Gasteiger charge is -2.08. The third-order valence-corrected chi connectivity index (χ3v) is 4.00. The van der Waals surface area contributed by atoms with Gasteiger partial charge in [0.05, 0.1) is 35.2 Å². The lowest BCUT2D eigenvalue weighted by Crippen LogP contribution is -2.14. The molecule has 2 bridgehead atoms. The first-order chi connectivity index (χ1) is 13.6. The third kappa shape index (κ3) is 3.68. The predicted molar refractivity (Wildman–Crippen MR) is 109 cm³/mol. The second kappa shape index (κ2) is 8.30. The molecule has 0 saturated heterocycles. The number of carbonyl (C=O) groups excluding carboxylic acids is 2. The van der Waals surface area contributed by atoms with Crippen molar-refractivity contribution in [1.29, 1.82) is 0 Å². The highest BCUT2D eigenvalue weighted by Crippen LogP contribution is 2.35. The SMILES string of the molecule is C=N/C(=C\N=C/C)c1c(C(=O)Nc2ccc(C(=O)OCC)cc2)c2ccc1o2. The van der Waals surface area contributed by atoms with Crippen molar-refractivity contribution in [2.75, 3.05) is 11.9 Å². The van der Waals surface area contributed by atoms with Crippen LogP contribution in [0, 0.1) is 0 Å². The zero-order valence-corrected chi connectivity index (χ0v) is 15.6. The molecule has 28 heavy (non-hydrogen) atoms. The number of nitrogens with one attached hydrogen (secondary N) is 1. The van der Waals surface area contributed by atoms with Gasteiger partial charge in [0.2, 0.25) is 0 Å². The number of amides is 1. The summed E-state index contributed by atoms with van der Waals surface area (Å²) in [6.45, 7) is 7.38. The summed E-state index contributed by atoms with van der Waals surface area (Å²) < 4.78 is 10.6. The summed E-state index contributed by atoms with van der Waals surface area (Å²) in [5.74, 6) is -0.768. The molecular weight excluding hydrogens is 358 g/mol. The number of aliphatic imine (C=N–C) groups is 2. The summed E-state index contributed by atoms with van der Waals surface area (Å²) in [5, 5.41) is 2.81. The van der Waals surface area contributed by atoms with E-state index in [2.05, 4.69) is 22.0 Å². The molecule has 3 rings (SSSR count). The fourth-order valence-corrected chi connectivity index (χ4v) is 2.76. The van der Waals surface area contributed by atoms with Crippen molar-refractivity contribution in [1.82, 2.24) is 0 Å². The average molecular weight is 377 g/mol. The van der Waals surface area contributed by atoms with Crippen LogP contribution >= 0.6 is 0 Å². The van der Waals surface area contributed by atoms with Gasteiger partial charge >= 0.3 is 5.97 Å². The van der Waals surface area contributed by atoms with Crippen LogP contribution in [-0.2, 0) is 4.74 Å². The predicted octanol–water partition coefficient (Wildman–Crippen LogP) is 4.39. The molecule has 0 saturated carbocycles. The number of ether oxygens (including phenoxy) is 1. The first-order valence-electron chi connectivity index (χ1n) is 8.67. The molecular formula is C21H19N3O4. The van der Waals surface area contributed by atoms with Gasteiger partial charge in [0.25, 0.3) is 5.91 Å². The summed E-state index contributed by atoms with van der Waals surface area (Å²) in [6.07, 6.45) is 3.13. The second-order valence-corrected chi connectivity index (χ2v) is 5.75. The van der Waals surface area contributed by atoms with E-state index in [0.29, 0.717) is 45.8 Å². The lowest BCUT2D eigenvalue weighted by molar-refractivity contribution is 0.0526. The summed E-state index contributed by atoms with van der Waals surface area (Å²) in [6, 6.07) is 9.95. The fraction of sp³-hybridized carbons (Fsp3) is 0.143. The van der Waals surface area contributed by atoms with Gasteiger partial charge in [-0.05, 0) is 57.0 Å². The minimum absolute atomic E-state index is 0.300. The van der Waals surface area contributed by atoms with Crippen LogP contribution in [0.5, 0.6) is 0 Å². The van der Waals surface area contributed by atoms with Crippen LogP contribution in [0.15, 0.2) is 57.0 Å². The van der Waals surface area contributed by atoms with E-state index < -0.39 is 5.97 Å². The third-order valence-electron chi connectivity index (χ3n) is 4.00. The van der Waals surface area contributed by atoms with E-state index >= 15 is 0 Å². The molecule has 142 valence electrons. The Morgan fingerprint density at radius 2 is 1.82 bits per heavy atom. The first-order valence-corrected chi connectivity index (χ1v) is 8.67. The standard InChI is InChI=1S/C21H19N3O4/c1-4-23-12-15(22-3)18-16-10-11-17(28-16)19(18)20(25)24-14-8-6-13(7-9-14)21(26)27-5-2/h4,6-12H,3,5H2,1-2H3,(H,24,25)/b15-12-,23-4-. The van der Waals surface area contributed by atoms with Gasteiger partial charge in [-0.15, -0.1) is 0 Å². The molecule has 0 unspecified atom stereocenters. The Morgan fingerprint density at radius 1 is 1.14 bits per heavy atom. The van der Waals surface area contributed by atoms with Gasteiger partial charge in [-0.2, -0.15) is 0 Å². The van der Waals surface area contributed by atoms with Crippen molar-refractivity contribution < 1.29 is 18.7 Å². The van der Waals surface area contributed by atoms with Crippen molar-refractivity contribution in [2.45, 2.75) is 13.8 Å². The number of nitrogens with zero attached hydrogens (tertiary/aromatic N) is 2. The van der Waals surface area contributed by atoms with Crippen LogP contribution in [0.25, 0.3) is 16.9 Å². The molecule has 3 aromatic rings. The molecule has 0 fully saturated rings. The molecule has 7 nitrogen and oxygen atoms in total. The molecule has 0 radical (unpaired) electrons. The van der Waals surface area contributed by atoms with E-state index in [1.165, 1.54) is 6.20 Å². The summed E-state index contributed by atoms with van der Waals surface area (Å²) in [7, 11) is 0. The Morgan fingerprint density at radius 3 is 2.43 bits per heavy atom. The van der Waals surface area contributed by atoms with Gasteiger partial charge in [0.1, 0.15) is 11.2 Å². The minimum atomic E-state index is -0.410. The minimum Gasteiger partial charge on any atom is -0.462 e. The Labute approximate surface area is 161 Å². The van der Waals surface area contributed by atoms with E-state index in [-0.39, 0.29) is 5.91 Å². The Bertz CT molecular complexity index is 1060. The van der Waals surface area contributed by atoms with Crippen LogP contribution in [-0.4, -0.2) is 31.4 Å². The molecule has 1 aromatic carbocycles. The highest BCUT2D eigenvalue weighted by Gasteiger charge is 2.25. The highest BCUT2D eigenvalue weighted by atomic mass is 16.5. The molecule has 0 aliphatic carbocycles. The number of benzene rings is 2. The Kier molecular flexibility index (Phi) is 5.64. The number of hydrogen-bond donors (Lipinski definition) is 1. The van der Waals surface area contributed by atoms with Crippen molar-refractivity contribution in [3.8, 4) is 0 Å². The smallest absolute Gasteiger partial charge is 0.338 e. The molecule has 0 aliphatic rings. The quantitative estimate of drug-likeness (QED) is 0.488. The van der Waals surface area contributed by atoms with Crippen molar-refractivity contribution in [3.63, 3.8) is 0 Å². The highest BCUT2D eigenvalue weighted by molar-refractivity contribution is 6.14. The largest absolute Gasteiger partial charge is 0.462 e. The number of esters is 1. The van der Waals surface area contributed by atoms with Crippen molar-refractivity contribution in [3.05, 3.63) is 59.3 Å². The van der Waals surface area contributed by atoms with E-state index in [4.69, 9.17) is 9.15 Å². The second-order valence-electron chi connectivity index (χ2n) is 5.75. The first kappa shape index (κ1) is 19.0. The summed E-state index contributed by atoms with van der Waals surface area (Å²) >= 11 is 0. The number of anilines is 1. The van der Waals surface area contributed by atoms with Crippen LogP contribution < -0.4 is 5.32 Å². The number of carbonyl (C=O) groups is 2. The Balaban J connectivity index is 1.88. The maximum atomic E-state index is 12.9. The van der Waals surface area contributed by atoms with E-state index in [9.17, 15) is 9.59 Å². The summed E-state index contributed by atoms with van der Waals surface area (Å²) in [4.78, 5) is 32.7. The number of fused-ring (bicyclic) bond motifs is 2. The van der Waals surface area contributed by atoms with Crippen LogP contribution in [0.2, 0.25) is 0 Å². The average Bonchev–Trinajstić information content (AvgIpc) is 3.31. The molecule has 7 heteroatoms. The topological polar surface area (TPSA) is 93.3 Å². The molecule has 0 aliphatic heterocycles. The van der Waals surface area contributed by atoms with Crippen molar-refractivity contribution >= 4 is 47.4 Å². The number of hydrogen-bond acceptors (Lipinski definition) is 6. The maximum absolute atomic E-state index is 12.9. The Hall–Kier alpha value is -3.74. The van der Waals surface area contributed by atoms with Gasteiger partial charge < -0.3 is 14.5 Å². The molecule has 1 N–H and O–H groups in total. The van der Waals surface area contributed by atoms with E-state index in [1.807, 2.05) is 0 Å². The van der Waals surface area contributed by atoms with Gasteiger partial charge in [-0.3, -0.25) is 14.8 Å². The van der Waals surface area contributed by atoms with Gasteiger partial charge in [-0.25, -0.2) is 4.79 Å². The zero-order chi connectivity index (χ0) is 20.1. The van der Waals surface area contributed by atoms with Crippen LogP contribution in [0.1, 0.15) is 40.1 Å². The fourth-order valence-electron chi connectivity index (χ4n) is 2.76. The molecule has 2 aromatic heterocycles. The molecule has 0 atom stereocenters. The summed E-state index contributed by atoms with van der Waals surface area (Å²) in [5.41, 5.74) is 3.26. The lowest BCUT2D eigenvalue weighted by atomic mass is 10.0.